The molecule has 1 fully saturated rings. The van der Waals surface area contributed by atoms with Crippen LogP contribution in [0.2, 0.25) is 0 Å². The van der Waals surface area contributed by atoms with Gasteiger partial charge in [-0.25, -0.2) is 4.79 Å². The monoisotopic (exact) mass is 262 g/mol. The van der Waals surface area contributed by atoms with Crippen molar-refractivity contribution in [1.29, 1.82) is 0 Å². The van der Waals surface area contributed by atoms with E-state index in [9.17, 15) is 4.79 Å². The van der Waals surface area contributed by atoms with E-state index in [4.69, 9.17) is 10.5 Å². The van der Waals surface area contributed by atoms with Crippen LogP contribution in [-0.2, 0) is 18.8 Å². The summed E-state index contributed by atoms with van der Waals surface area (Å²) >= 11 is 0. The maximum Gasteiger partial charge on any atom is 0.328 e. The van der Waals surface area contributed by atoms with Gasteiger partial charge in [-0.2, -0.15) is 0 Å². The van der Waals surface area contributed by atoms with E-state index in [1.54, 1.807) is 23.2 Å². The number of aromatic nitrogens is 2. The molecular formula is C13H18N4O2. The Hall–Kier alpha value is -1.95. The van der Waals surface area contributed by atoms with Gasteiger partial charge in [-0.1, -0.05) is 0 Å². The van der Waals surface area contributed by atoms with Gasteiger partial charge >= 0.3 is 5.69 Å². The van der Waals surface area contributed by atoms with Crippen LogP contribution in [0.1, 0.15) is 0 Å². The number of morpholine rings is 1. The molecule has 0 spiro atoms. The van der Waals surface area contributed by atoms with Crippen LogP contribution in [0.25, 0.3) is 11.0 Å². The van der Waals surface area contributed by atoms with Crippen LogP contribution >= 0.6 is 0 Å². The molecule has 1 aromatic heterocycles. The number of hydrogen-bond acceptors (Lipinski definition) is 4. The van der Waals surface area contributed by atoms with Crippen molar-refractivity contribution in [3.63, 3.8) is 0 Å². The van der Waals surface area contributed by atoms with Crippen molar-refractivity contribution in [1.82, 2.24) is 9.13 Å². The summed E-state index contributed by atoms with van der Waals surface area (Å²) in [5, 5.41) is 0. The van der Waals surface area contributed by atoms with Gasteiger partial charge in [-0.15, -0.1) is 0 Å². The van der Waals surface area contributed by atoms with E-state index in [1.165, 1.54) is 0 Å². The van der Waals surface area contributed by atoms with Crippen LogP contribution in [0.15, 0.2) is 16.9 Å². The number of nitrogens with zero attached hydrogens (tertiary/aromatic N) is 3. The van der Waals surface area contributed by atoms with E-state index >= 15 is 0 Å². The molecule has 0 radical (unpaired) electrons. The van der Waals surface area contributed by atoms with Crippen molar-refractivity contribution in [2.75, 3.05) is 36.9 Å². The topological polar surface area (TPSA) is 65.4 Å². The van der Waals surface area contributed by atoms with Crippen LogP contribution < -0.4 is 16.3 Å². The smallest absolute Gasteiger partial charge is 0.328 e. The van der Waals surface area contributed by atoms with E-state index in [0.29, 0.717) is 18.9 Å². The highest BCUT2D eigenvalue weighted by Gasteiger charge is 2.19. The van der Waals surface area contributed by atoms with Crippen molar-refractivity contribution in [2.24, 2.45) is 14.1 Å². The first kappa shape index (κ1) is 12.1. The Morgan fingerprint density at radius 3 is 2.53 bits per heavy atom. The summed E-state index contributed by atoms with van der Waals surface area (Å²) in [5.41, 5.74) is 9.44. The third-order valence-corrected chi connectivity index (χ3v) is 3.71. The van der Waals surface area contributed by atoms with Crippen LogP contribution in [0, 0.1) is 0 Å². The standard InChI is InChI=1S/C13H18N4O2/c1-15-10-7-9(14)8-11(12(10)16(2)13(15)18)17-3-5-19-6-4-17/h7-8H,3-6,14H2,1-2H3. The molecule has 6 nitrogen and oxygen atoms in total. The lowest BCUT2D eigenvalue weighted by Gasteiger charge is -2.29. The molecule has 2 N–H and O–H groups in total. The Morgan fingerprint density at radius 2 is 1.84 bits per heavy atom. The molecule has 102 valence electrons. The molecule has 19 heavy (non-hydrogen) atoms. The molecule has 0 atom stereocenters. The molecule has 1 aromatic carbocycles. The largest absolute Gasteiger partial charge is 0.399 e. The van der Waals surface area contributed by atoms with Crippen molar-refractivity contribution in [3.8, 4) is 0 Å². The highest BCUT2D eigenvalue weighted by atomic mass is 16.5. The van der Waals surface area contributed by atoms with Gasteiger partial charge in [-0.3, -0.25) is 9.13 Å². The van der Waals surface area contributed by atoms with Gasteiger partial charge in [0.15, 0.2) is 0 Å². The van der Waals surface area contributed by atoms with Crippen molar-refractivity contribution >= 4 is 22.4 Å². The lowest BCUT2D eigenvalue weighted by molar-refractivity contribution is 0.123. The SMILES string of the molecule is Cn1c(=O)n(C)c2c(N3CCOCC3)cc(N)cc21. The fourth-order valence-corrected chi connectivity index (χ4v) is 2.69. The number of fused-ring (bicyclic) bond motifs is 1. The zero-order valence-electron chi connectivity index (χ0n) is 11.2. The maximum absolute atomic E-state index is 12.1. The van der Waals surface area contributed by atoms with E-state index in [2.05, 4.69) is 4.90 Å². The highest BCUT2D eigenvalue weighted by Crippen LogP contribution is 2.29. The van der Waals surface area contributed by atoms with Gasteiger partial charge in [-0.05, 0) is 12.1 Å². The summed E-state index contributed by atoms with van der Waals surface area (Å²) in [6, 6.07) is 3.79. The second-order valence-corrected chi connectivity index (χ2v) is 4.91. The van der Waals surface area contributed by atoms with Gasteiger partial charge in [0.25, 0.3) is 0 Å². The van der Waals surface area contributed by atoms with E-state index < -0.39 is 0 Å². The minimum absolute atomic E-state index is 0.0323. The molecular weight excluding hydrogens is 244 g/mol. The number of nitrogens with two attached hydrogens (primary N) is 1. The normalized spacial score (nSPS) is 16.2. The lowest BCUT2D eigenvalue weighted by atomic mass is 10.2. The van der Waals surface area contributed by atoms with E-state index in [-0.39, 0.29) is 5.69 Å². The molecule has 1 aliphatic heterocycles. The Labute approximate surface area is 111 Å². The number of benzene rings is 1. The molecule has 3 rings (SSSR count). The van der Waals surface area contributed by atoms with Crippen LogP contribution in [0.5, 0.6) is 0 Å². The summed E-state index contributed by atoms with van der Waals surface area (Å²) in [5.74, 6) is 0. The van der Waals surface area contributed by atoms with Gasteiger partial charge in [0.2, 0.25) is 0 Å². The average molecular weight is 262 g/mol. The summed E-state index contributed by atoms with van der Waals surface area (Å²) in [6.07, 6.45) is 0. The first-order chi connectivity index (χ1) is 9.09. The average Bonchev–Trinajstić information content (AvgIpc) is 2.64. The number of anilines is 2. The van der Waals surface area contributed by atoms with Crippen molar-refractivity contribution in [3.05, 3.63) is 22.6 Å². The summed E-state index contributed by atoms with van der Waals surface area (Å²) in [6.45, 7) is 3.05. The predicted molar refractivity (Wildman–Crippen MR) is 75.6 cm³/mol. The molecule has 1 aliphatic rings. The number of aryl methyl sites for hydroxylation is 2. The molecule has 0 bridgehead atoms. The fourth-order valence-electron chi connectivity index (χ4n) is 2.69. The van der Waals surface area contributed by atoms with Crippen LogP contribution in [-0.4, -0.2) is 35.4 Å². The number of ether oxygens (including phenoxy) is 1. The van der Waals surface area contributed by atoms with Crippen molar-refractivity contribution < 1.29 is 4.74 Å². The third-order valence-electron chi connectivity index (χ3n) is 3.71. The third kappa shape index (κ3) is 1.79. The van der Waals surface area contributed by atoms with Gasteiger partial charge in [0.05, 0.1) is 29.9 Å². The van der Waals surface area contributed by atoms with Crippen molar-refractivity contribution in [2.45, 2.75) is 0 Å². The predicted octanol–water partition coefficient (Wildman–Crippen LogP) is 0.296. The minimum atomic E-state index is -0.0323. The van der Waals surface area contributed by atoms with E-state index in [0.717, 1.165) is 29.8 Å². The molecule has 0 amide bonds. The van der Waals surface area contributed by atoms with Crippen LogP contribution in [0.4, 0.5) is 11.4 Å². The molecule has 0 aliphatic carbocycles. The molecule has 2 aromatic rings. The molecule has 1 saturated heterocycles. The van der Waals surface area contributed by atoms with Crippen LogP contribution in [0.3, 0.4) is 0 Å². The Morgan fingerprint density at radius 1 is 1.16 bits per heavy atom. The number of imidazole rings is 1. The number of hydrogen-bond donors (Lipinski definition) is 1. The summed E-state index contributed by atoms with van der Waals surface area (Å²) < 4.78 is 8.69. The lowest BCUT2D eigenvalue weighted by Crippen LogP contribution is -2.36. The minimum Gasteiger partial charge on any atom is -0.399 e. The van der Waals surface area contributed by atoms with Gasteiger partial charge < -0.3 is 15.4 Å². The zero-order chi connectivity index (χ0) is 13.6. The molecule has 6 heteroatoms. The maximum atomic E-state index is 12.1. The summed E-state index contributed by atoms with van der Waals surface area (Å²) in [4.78, 5) is 14.3. The zero-order valence-corrected chi connectivity index (χ0v) is 11.2. The first-order valence-corrected chi connectivity index (χ1v) is 6.37. The number of rotatable bonds is 1. The van der Waals surface area contributed by atoms with Gasteiger partial charge in [0.1, 0.15) is 0 Å². The second kappa shape index (κ2) is 4.31. The Balaban J connectivity index is 2.28. The highest BCUT2D eigenvalue weighted by molar-refractivity contribution is 5.92. The number of nitrogen functional groups attached to an aromatic ring is 1. The molecule has 0 saturated carbocycles. The quantitative estimate of drug-likeness (QED) is 0.751. The van der Waals surface area contributed by atoms with E-state index in [1.807, 2.05) is 12.1 Å². The molecule has 0 unspecified atom stereocenters. The summed E-state index contributed by atoms with van der Waals surface area (Å²) in [7, 11) is 3.57. The second-order valence-electron chi connectivity index (χ2n) is 4.91. The van der Waals surface area contributed by atoms with Gasteiger partial charge in [0, 0.05) is 32.9 Å². The fraction of sp³-hybridized carbons (Fsp3) is 0.462. The Kier molecular flexibility index (Phi) is 2.74. The molecule has 2 heterocycles. The Bertz CT molecular complexity index is 680. The first-order valence-electron chi connectivity index (χ1n) is 6.37.